The van der Waals surface area contributed by atoms with Gasteiger partial charge < -0.3 is 19.2 Å². The van der Waals surface area contributed by atoms with Gasteiger partial charge in [0.2, 0.25) is 5.91 Å². The molecule has 0 unspecified atom stereocenters. The van der Waals surface area contributed by atoms with Crippen molar-refractivity contribution in [2.45, 2.75) is 46.0 Å². The quantitative estimate of drug-likeness (QED) is 0.279. The molecule has 1 aliphatic rings. The molecule has 2 aromatic carbocycles. The Bertz CT molecular complexity index is 1220. The van der Waals surface area contributed by atoms with Crippen LogP contribution in [0.25, 0.3) is 27.7 Å². The monoisotopic (exact) mass is 459 g/mol. The van der Waals surface area contributed by atoms with E-state index in [9.17, 15) is 4.79 Å². The average molecular weight is 460 g/mol. The molecule has 1 aromatic heterocycles. The van der Waals surface area contributed by atoms with Gasteiger partial charge in [-0.05, 0) is 63.7 Å². The maximum Gasteiger partial charge on any atom is 0.244 e. The van der Waals surface area contributed by atoms with Crippen LogP contribution in [0, 0.1) is 0 Å². The maximum absolute atomic E-state index is 12.6. The van der Waals surface area contributed by atoms with Crippen LogP contribution in [-0.4, -0.2) is 26.2 Å². The largest absolute Gasteiger partial charge is 0.496 e. The molecule has 0 fully saturated rings. The molecule has 0 aliphatic heterocycles. The number of amides is 1. The number of hydrogen-bond acceptors (Lipinski definition) is 4. The van der Waals surface area contributed by atoms with E-state index in [2.05, 4.69) is 11.4 Å². The lowest BCUT2D eigenvalue weighted by Crippen LogP contribution is -2.23. The van der Waals surface area contributed by atoms with Crippen LogP contribution in [0.2, 0.25) is 0 Å². The number of allylic oxidation sites excluding steroid dienone is 2. The van der Waals surface area contributed by atoms with Crippen molar-refractivity contribution in [2.75, 3.05) is 20.3 Å². The van der Waals surface area contributed by atoms with E-state index >= 15 is 0 Å². The number of rotatable bonds is 9. The van der Waals surface area contributed by atoms with Crippen molar-refractivity contribution in [3.63, 3.8) is 0 Å². The van der Waals surface area contributed by atoms with Crippen LogP contribution < -0.4 is 14.8 Å². The number of ether oxygens (including phenoxy) is 2. The highest BCUT2D eigenvalue weighted by Crippen LogP contribution is 2.40. The van der Waals surface area contributed by atoms with E-state index in [1.54, 1.807) is 19.4 Å². The van der Waals surface area contributed by atoms with Crippen LogP contribution in [0.4, 0.5) is 0 Å². The number of nitrogens with one attached hydrogen (secondary N) is 1. The summed E-state index contributed by atoms with van der Waals surface area (Å²) in [5.74, 6) is 1.39. The molecule has 0 saturated heterocycles. The third-order valence-electron chi connectivity index (χ3n) is 6.28. The summed E-state index contributed by atoms with van der Waals surface area (Å²) in [6, 6.07) is 11.8. The van der Waals surface area contributed by atoms with Crippen molar-refractivity contribution >= 4 is 22.4 Å². The molecule has 0 spiro atoms. The highest BCUT2D eigenvalue weighted by molar-refractivity contribution is 6.01. The van der Waals surface area contributed by atoms with Crippen LogP contribution in [0.3, 0.4) is 0 Å². The molecular formula is C29H33NO4. The first-order valence-corrected chi connectivity index (χ1v) is 12.1. The first-order valence-electron chi connectivity index (χ1n) is 12.1. The Morgan fingerprint density at radius 2 is 2.00 bits per heavy atom. The molecule has 1 aliphatic carbocycles. The molecular weight excluding hydrogens is 426 g/mol. The van der Waals surface area contributed by atoms with Crippen LogP contribution in [0.1, 0.15) is 51.5 Å². The third kappa shape index (κ3) is 5.36. The van der Waals surface area contributed by atoms with E-state index in [0.717, 1.165) is 58.2 Å². The van der Waals surface area contributed by atoms with Crippen molar-refractivity contribution in [3.8, 4) is 22.6 Å². The minimum Gasteiger partial charge on any atom is -0.496 e. The first kappa shape index (κ1) is 23.7. The van der Waals surface area contributed by atoms with Gasteiger partial charge in [-0.2, -0.15) is 0 Å². The Morgan fingerprint density at radius 1 is 1.15 bits per heavy atom. The second kappa shape index (κ2) is 11.1. The predicted octanol–water partition coefficient (Wildman–Crippen LogP) is 6.92. The Hall–Kier alpha value is -3.47. The molecule has 34 heavy (non-hydrogen) atoms. The zero-order chi connectivity index (χ0) is 23.9. The fourth-order valence-electron chi connectivity index (χ4n) is 4.52. The summed E-state index contributed by atoms with van der Waals surface area (Å²) in [6.45, 7) is 5.07. The van der Waals surface area contributed by atoms with Crippen LogP contribution in [0.15, 0.2) is 64.8 Å². The van der Waals surface area contributed by atoms with Crippen LogP contribution in [0.5, 0.6) is 11.5 Å². The smallest absolute Gasteiger partial charge is 0.244 e. The number of carbonyl (C=O) groups excluding carboxylic acids is 1. The minimum absolute atomic E-state index is 0.0893. The third-order valence-corrected chi connectivity index (χ3v) is 6.28. The summed E-state index contributed by atoms with van der Waals surface area (Å²) in [6.07, 6.45) is 11.5. The fraction of sp³-hybridized carbons (Fsp3) is 0.345. The summed E-state index contributed by atoms with van der Waals surface area (Å²) >= 11 is 0. The molecule has 5 heteroatoms. The number of para-hydroxylation sites is 1. The van der Waals surface area contributed by atoms with Crippen LogP contribution in [-0.2, 0) is 4.79 Å². The molecule has 5 nitrogen and oxygen atoms in total. The second-order valence-corrected chi connectivity index (χ2v) is 8.60. The normalized spacial score (nSPS) is 14.1. The average Bonchev–Trinajstić information content (AvgIpc) is 3.27. The number of carbonyl (C=O) groups is 1. The predicted molar refractivity (Wildman–Crippen MR) is 137 cm³/mol. The van der Waals surface area contributed by atoms with Gasteiger partial charge in [-0.1, -0.05) is 29.8 Å². The zero-order valence-corrected chi connectivity index (χ0v) is 20.3. The summed E-state index contributed by atoms with van der Waals surface area (Å²) in [5, 5.41) is 3.98. The van der Waals surface area contributed by atoms with Crippen molar-refractivity contribution < 1.29 is 18.7 Å². The van der Waals surface area contributed by atoms with Gasteiger partial charge in [0.1, 0.15) is 17.1 Å². The van der Waals surface area contributed by atoms with Gasteiger partial charge in [0.25, 0.3) is 0 Å². The van der Waals surface area contributed by atoms with E-state index in [0.29, 0.717) is 18.9 Å². The SMILES string of the molecule is CCOc1cc2occ(-c3ccccc3OC)c2cc1/C(C)=C/C(=O)NCCC1=CCCCC1. The van der Waals surface area contributed by atoms with E-state index in [1.807, 2.05) is 50.2 Å². The lowest BCUT2D eigenvalue weighted by Gasteiger charge is -2.13. The molecule has 1 amide bonds. The van der Waals surface area contributed by atoms with E-state index < -0.39 is 0 Å². The van der Waals surface area contributed by atoms with Gasteiger partial charge >= 0.3 is 0 Å². The Morgan fingerprint density at radius 3 is 2.76 bits per heavy atom. The Balaban J connectivity index is 1.61. The van der Waals surface area contributed by atoms with Gasteiger partial charge in [-0.25, -0.2) is 0 Å². The molecule has 3 aromatic rings. The number of hydrogen-bond donors (Lipinski definition) is 1. The molecule has 4 rings (SSSR count). The maximum atomic E-state index is 12.6. The minimum atomic E-state index is -0.0893. The van der Waals surface area contributed by atoms with Gasteiger partial charge in [0.15, 0.2) is 0 Å². The fourth-order valence-corrected chi connectivity index (χ4v) is 4.52. The summed E-state index contributed by atoms with van der Waals surface area (Å²) in [5.41, 5.74) is 5.79. The topological polar surface area (TPSA) is 60.7 Å². The zero-order valence-electron chi connectivity index (χ0n) is 20.3. The summed E-state index contributed by atoms with van der Waals surface area (Å²) in [7, 11) is 1.66. The van der Waals surface area contributed by atoms with Crippen LogP contribution >= 0.6 is 0 Å². The van der Waals surface area contributed by atoms with E-state index in [4.69, 9.17) is 13.9 Å². The Kier molecular flexibility index (Phi) is 7.73. The highest BCUT2D eigenvalue weighted by Gasteiger charge is 2.17. The molecule has 0 bridgehead atoms. The van der Waals surface area contributed by atoms with Gasteiger partial charge in [0, 0.05) is 40.8 Å². The molecule has 0 radical (unpaired) electrons. The van der Waals surface area contributed by atoms with E-state index in [1.165, 1.54) is 18.4 Å². The number of fused-ring (bicyclic) bond motifs is 1. The highest BCUT2D eigenvalue weighted by atomic mass is 16.5. The van der Waals surface area contributed by atoms with E-state index in [-0.39, 0.29) is 5.91 Å². The number of methoxy groups -OCH3 is 1. The standard InChI is InChI=1S/C29H33NO4/c1-4-33-27-18-28-24(25(19-34-28)22-12-8-9-13-26(22)32-3)17-23(27)20(2)16-29(31)30-15-14-21-10-6-5-7-11-21/h8-10,12-13,16-19H,4-7,11,14-15H2,1-3H3,(H,30,31)/b20-16+. The molecule has 178 valence electrons. The van der Waals surface area contributed by atoms with Gasteiger partial charge in [-0.3, -0.25) is 4.79 Å². The Labute approximate surface area is 201 Å². The van der Waals surface area contributed by atoms with Crippen molar-refractivity contribution in [2.24, 2.45) is 0 Å². The summed E-state index contributed by atoms with van der Waals surface area (Å²) < 4.78 is 17.3. The van der Waals surface area contributed by atoms with Crippen molar-refractivity contribution in [3.05, 3.63) is 65.9 Å². The molecule has 1 heterocycles. The van der Waals surface area contributed by atoms with Gasteiger partial charge in [-0.15, -0.1) is 0 Å². The van der Waals surface area contributed by atoms with Crippen molar-refractivity contribution in [1.82, 2.24) is 5.32 Å². The molecule has 0 saturated carbocycles. The first-order chi connectivity index (χ1) is 16.6. The lowest BCUT2D eigenvalue weighted by atomic mass is 9.97. The lowest BCUT2D eigenvalue weighted by molar-refractivity contribution is -0.116. The van der Waals surface area contributed by atoms with Crippen molar-refractivity contribution in [1.29, 1.82) is 0 Å². The number of furan rings is 1. The molecule has 0 atom stereocenters. The second-order valence-electron chi connectivity index (χ2n) is 8.60. The number of benzene rings is 2. The summed E-state index contributed by atoms with van der Waals surface area (Å²) in [4.78, 5) is 12.6. The molecule has 1 N–H and O–H groups in total. The van der Waals surface area contributed by atoms with Gasteiger partial charge in [0.05, 0.1) is 20.0 Å².